The molecular formula is C20H22F2N4O2. The molecule has 0 aliphatic carbocycles. The molecule has 0 amide bonds. The molecule has 1 aliphatic heterocycles. The third kappa shape index (κ3) is 3.58. The van der Waals surface area contributed by atoms with E-state index in [4.69, 9.17) is 4.74 Å². The Morgan fingerprint density at radius 1 is 1.21 bits per heavy atom. The fraction of sp³-hybridized carbons (Fsp3) is 0.400. The van der Waals surface area contributed by atoms with Crippen molar-refractivity contribution in [3.8, 4) is 5.75 Å². The zero-order chi connectivity index (χ0) is 19.7. The summed E-state index contributed by atoms with van der Waals surface area (Å²) in [5.74, 6) is 1.17. The Morgan fingerprint density at radius 2 is 2.00 bits per heavy atom. The number of aryl methyl sites for hydroxylation is 1. The largest absolute Gasteiger partial charge is 0.490 e. The van der Waals surface area contributed by atoms with Crippen LogP contribution in [0.3, 0.4) is 0 Å². The molecule has 148 valence electrons. The Bertz CT molecular complexity index is 1020. The van der Waals surface area contributed by atoms with Crippen LogP contribution in [0.2, 0.25) is 0 Å². The standard InChI is InChI=1S/C20H22F2N4O2/c1-24-12-8-23-19(20(24)27)25-9-5-14(6-10-25)28-17-4-2-3-16-15(17)7-11-26(16)13-18(21)22/h2-4,7-8,11-12,14,18H,5-6,9-10,13H2,1H3. The van der Waals surface area contributed by atoms with Crippen molar-refractivity contribution in [3.63, 3.8) is 0 Å². The second-order valence-corrected chi connectivity index (χ2v) is 7.02. The Morgan fingerprint density at radius 3 is 2.75 bits per heavy atom. The minimum absolute atomic E-state index is 0.00728. The van der Waals surface area contributed by atoms with Crippen LogP contribution in [0, 0.1) is 0 Å². The molecule has 1 fully saturated rings. The zero-order valence-corrected chi connectivity index (χ0v) is 15.6. The van der Waals surface area contributed by atoms with E-state index in [1.807, 2.05) is 29.2 Å². The van der Waals surface area contributed by atoms with Gasteiger partial charge in [-0.15, -0.1) is 0 Å². The molecule has 0 N–H and O–H groups in total. The number of alkyl halides is 2. The fourth-order valence-corrected chi connectivity index (χ4v) is 3.67. The van der Waals surface area contributed by atoms with Crippen LogP contribution in [-0.4, -0.2) is 39.7 Å². The molecule has 0 spiro atoms. The molecule has 0 bridgehead atoms. The van der Waals surface area contributed by atoms with E-state index in [1.54, 1.807) is 30.2 Å². The summed E-state index contributed by atoms with van der Waals surface area (Å²) >= 11 is 0. The van der Waals surface area contributed by atoms with Gasteiger partial charge in [-0.3, -0.25) is 4.79 Å². The predicted octanol–water partition coefficient (Wildman–Crippen LogP) is 3.05. The van der Waals surface area contributed by atoms with E-state index in [2.05, 4.69) is 4.98 Å². The Hall–Kier alpha value is -2.90. The Balaban J connectivity index is 1.46. The van der Waals surface area contributed by atoms with Gasteiger partial charge in [-0.2, -0.15) is 0 Å². The number of anilines is 1. The number of nitrogens with zero attached hydrogens (tertiary/aromatic N) is 4. The molecule has 28 heavy (non-hydrogen) atoms. The van der Waals surface area contributed by atoms with Gasteiger partial charge >= 0.3 is 0 Å². The summed E-state index contributed by atoms with van der Waals surface area (Å²) in [7, 11) is 1.71. The third-order valence-corrected chi connectivity index (χ3v) is 5.14. The lowest BCUT2D eigenvalue weighted by Crippen LogP contribution is -2.41. The average molecular weight is 388 g/mol. The second-order valence-electron chi connectivity index (χ2n) is 7.02. The molecule has 0 radical (unpaired) electrons. The number of hydrogen-bond acceptors (Lipinski definition) is 4. The fourth-order valence-electron chi connectivity index (χ4n) is 3.67. The van der Waals surface area contributed by atoms with Gasteiger partial charge in [0.2, 0.25) is 0 Å². The lowest BCUT2D eigenvalue weighted by molar-refractivity contribution is 0.128. The van der Waals surface area contributed by atoms with Gasteiger partial charge in [0.15, 0.2) is 5.82 Å². The molecule has 6 nitrogen and oxygen atoms in total. The minimum Gasteiger partial charge on any atom is -0.490 e. The highest BCUT2D eigenvalue weighted by atomic mass is 19.3. The molecule has 1 aliphatic rings. The average Bonchev–Trinajstić information content (AvgIpc) is 3.08. The third-order valence-electron chi connectivity index (χ3n) is 5.14. The summed E-state index contributed by atoms with van der Waals surface area (Å²) in [5, 5.41) is 0.837. The summed E-state index contributed by atoms with van der Waals surface area (Å²) in [6.45, 7) is 1.03. The van der Waals surface area contributed by atoms with Gasteiger partial charge in [0.1, 0.15) is 11.9 Å². The molecule has 4 rings (SSSR count). The van der Waals surface area contributed by atoms with Crippen molar-refractivity contribution < 1.29 is 13.5 Å². The Kier molecular flexibility index (Phi) is 5.02. The van der Waals surface area contributed by atoms with E-state index in [-0.39, 0.29) is 18.2 Å². The van der Waals surface area contributed by atoms with E-state index in [1.165, 1.54) is 4.57 Å². The number of piperidine rings is 1. The zero-order valence-electron chi connectivity index (χ0n) is 15.6. The lowest BCUT2D eigenvalue weighted by Gasteiger charge is -2.32. The topological polar surface area (TPSA) is 52.3 Å². The van der Waals surface area contributed by atoms with E-state index < -0.39 is 6.43 Å². The van der Waals surface area contributed by atoms with Crippen molar-refractivity contribution in [1.82, 2.24) is 14.1 Å². The number of fused-ring (bicyclic) bond motifs is 1. The highest BCUT2D eigenvalue weighted by Crippen LogP contribution is 2.29. The predicted molar refractivity (Wildman–Crippen MR) is 103 cm³/mol. The number of ether oxygens (including phenoxy) is 1. The molecule has 1 saturated heterocycles. The van der Waals surface area contributed by atoms with Gasteiger partial charge in [0, 0.05) is 57.0 Å². The number of benzene rings is 1. The van der Waals surface area contributed by atoms with Crippen molar-refractivity contribution in [2.45, 2.75) is 31.9 Å². The Labute approximate surface area is 161 Å². The number of halogens is 2. The number of rotatable bonds is 5. The molecule has 8 heteroatoms. The van der Waals surface area contributed by atoms with Crippen LogP contribution in [0.5, 0.6) is 5.75 Å². The number of aromatic nitrogens is 3. The van der Waals surface area contributed by atoms with Crippen LogP contribution in [0.1, 0.15) is 12.8 Å². The van der Waals surface area contributed by atoms with Crippen LogP contribution in [0.15, 0.2) is 47.7 Å². The highest BCUT2D eigenvalue weighted by molar-refractivity contribution is 5.86. The monoisotopic (exact) mass is 388 g/mol. The van der Waals surface area contributed by atoms with Gasteiger partial charge in [-0.05, 0) is 18.2 Å². The van der Waals surface area contributed by atoms with Gasteiger partial charge in [-0.1, -0.05) is 6.07 Å². The minimum atomic E-state index is -2.40. The summed E-state index contributed by atoms with van der Waals surface area (Å²) in [6, 6.07) is 7.34. The van der Waals surface area contributed by atoms with E-state index >= 15 is 0 Å². The quantitative estimate of drug-likeness (QED) is 0.674. The van der Waals surface area contributed by atoms with Crippen LogP contribution in [0.4, 0.5) is 14.6 Å². The smallest absolute Gasteiger partial charge is 0.293 e. The van der Waals surface area contributed by atoms with Gasteiger partial charge in [-0.25, -0.2) is 13.8 Å². The molecule has 0 saturated carbocycles. The molecule has 3 aromatic rings. The van der Waals surface area contributed by atoms with Crippen LogP contribution in [-0.2, 0) is 13.6 Å². The molecule has 0 unspecified atom stereocenters. The van der Waals surface area contributed by atoms with E-state index in [0.29, 0.717) is 24.7 Å². The normalized spacial score (nSPS) is 15.5. The lowest BCUT2D eigenvalue weighted by atomic mass is 10.1. The van der Waals surface area contributed by atoms with Gasteiger partial charge < -0.3 is 18.8 Å². The first-order valence-corrected chi connectivity index (χ1v) is 9.32. The summed E-state index contributed by atoms with van der Waals surface area (Å²) in [5.41, 5.74) is 0.638. The maximum Gasteiger partial charge on any atom is 0.293 e. The first-order valence-electron chi connectivity index (χ1n) is 9.32. The maximum absolute atomic E-state index is 12.7. The van der Waals surface area contributed by atoms with Gasteiger partial charge in [0.05, 0.1) is 12.1 Å². The van der Waals surface area contributed by atoms with Crippen molar-refractivity contribution in [2.75, 3.05) is 18.0 Å². The number of hydrogen-bond donors (Lipinski definition) is 0. The van der Waals surface area contributed by atoms with Crippen LogP contribution in [0.25, 0.3) is 10.9 Å². The molecule has 1 aromatic carbocycles. The maximum atomic E-state index is 12.7. The highest BCUT2D eigenvalue weighted by Gasteiger charge is 2.24. The SMILES string of the molecule is Cn1ccnc(N2CCC(Oc3cccc4c3ccn4CC(F)F)CC2)c1=O. The first-order chi connectivity index (χ1) is 13.5. The van der Waals surface area contributed by atoms with Crippen LogP contribution >= 0.6 is 0 Å². The van der Waals surface area contributed by atoms with Crippen LogP contribution < -0.4 is 15.2 Å². The van der Waals surface area contributed by atoms with Crippen molar-refractivity contribution in [1.29, 1.82) is 0 Å². The molecular weight excluding hydrogens is 366 g/mol. The molecule has 3 heterocycles. The van der Waals surface area contributed by atoms with Crippen molar-refractivity contribution in [2.24, 2.45) is 7.05 Å². The first kappa shape index (κ1) is 18.5. The summed E-state index contributed by atoms with van der Waals surface area (Å²) in [6.07, 6.45) is 4.06. The van der Waals surface area contributed by atoms with Gasteiger partial charge in [0.25, 0.3) is 12.0 Å². The van der Waals surface area contributed by atoms with E-state index in [9.17, 15) is 13.6 Å². The van der Waals surface area contributed by atoms with Crippen molar-refractivity contribution >= 4 is 16.7 Å². The molecule has 0 atom stereocenters. The summed E-state index contributed by atoms with van der Waals surface area (Å²) in [4.78, 5) is 18.5. The van der Waals surface area contributed by atoms with Crippen molar-refractivity contribution in [3.05, 3.63) is 53.2 Å². The van der Waals surface area contributed by atoms with E-state index in [0.717, 1.165) is 23.7 Å². The molecule has 2 aromatic heterocycles. The second kappa shape index (κ2) is 7.61. The summed E-state index contributed by atoms with van der Waals surface area (Å²) < 4.78 is 34.8.